The first-order valence-corrected chi connectivity index (χ1v) is 9.32. The van der Waals surface area contributed by atoms with Gasteiger partial charge in [-0.05, 0) is 29.9 Å². The summed E-state index contributed by atoms with van der Waals surface area (Å²) in [6.07, 6.45) is 1.72. The Hall–Kier alpha value is -2.39. The number of methoxy groups -OCH3 is 2. The number of fused-ring (bicyclic) bond motifs is 1. The first-order valence-electron chi connectivity index (χ1n) is 8.91. The average Bonchev–Trinajstić information content (AvgIpc) is 2.93. The van der Waals surface area contributed by atoms with Gasteiger partial charge >= 0.3 is 0 Å². The lowest BCUT2D eigenvalue weighted by Gasteiger charge is -2.26. The summed E-state index contributed by atoms with van der Waals surface area (Å²) >= 11 is 5.51. The number of hydrogen-bond acceptors (Lipinski definition) is 5. The Morgan fingerprint density at radius 1 is 1.30 bits per heavy atom. The van der Waals surface area contributed by atoms with Crippen LogP contribution in [0.4, 0.5) is 0 Å². The molecule has 1 aliphatic heterocycles. The lowest BCUT2D eigenvalue weighted by atomic mass is 9.99. The summed E-state index contributed by atoms with van der Waals surface area (Å²) in [5.74, 6) is 1.96. The Kier molecular flexibility index (Phi) is 5.81. The second-order valence-corrected chi connectivity index (χ2v) is 7.15. The van der Waals surface area contributed by atoms with Crippen molar-refractivity contribution >= 4 is 18.1 Å². The van der Waals surface area contributed by atoms with E-state index in [1.807, 2.05) is 16.3 Å². The summed E-state index contributed by atoms with van der Waals surface area (Å²) in [6, 6.07) is 4.13. The van der Waals surface area contributed by atoms with Gasteiger partial charge in [-0.2, -0.15) is 9.78 Å². The van der Waals surface area contributed by atoms with Gasteiger partial charge in [0, 0.05) is 31.9 Å². The van der Waals surface area contributed by atoms with Crippen LogP contribution in [-0.2, 0) is 37.9 Å². The van der Waals surface area contributed by atoms with E-state index in [1.54, 1.807) is 14.2 Å². The molecule has 3 rings (SSSR count). The number of nitrogens with one attached hydrogen (secondary N) is 1. The van der Waals surface area contributed by atoms with E-state index in [9.17, 15) is 4.79 Å². The number of nitrogens with two attached hydrogens (primary N) is 1. The highest BCUT2D eigenvalue weighted by atomic mass is 32.1. The number of aryl methyl sites for hydroxylation is 1. The predicted octanol–water partition coefficient (Wildman–Crippen LogP) is -0.0151. The smallest absolute Gasteiger partial charge is 0.217 e. The van der Waals surface area contributed by atoms with Gasteiger partial charge in [-0.25, -0.2) is 0 Å². The quantitative estimate of drug-likeness (QED) is 0.647. The van der Waals surface area contributed by atoms with Crippen molar-refractivity contribution in [1.29, 1.82) is 0 Å². The molecule has 8 nitrogen and oxygen atoms in total. The van der Waals surface area contributed by atoms with Crippen LogP contribution in [0.3, 0.4) is 0 Å². The van der Waals surface area contributed by atoms with Crippen LogP contribution in [0, 0.1) is 4.77 Å². The number of hydrogen-bond donors (Lipinski definition) is 2. The molecule has 0 spiro atoms. The molecule has 0 aliphatic carbocycles. The lowest BCUT2D eigenvalue weighted by molar-refractivity contribution is -0.939. The molecule has 146 valence electrons. The molecule has 9 heteroatoms. The van der Waals surface area contributed by atoms with E-state index in [0.717, 1.165) is 36.8 Å². The molecule has 0 saturated heterocycles. The van der Waals surface area contributed by atoms with Gasteiger partial charge < -0.3 is 24.7 Å². The van der Waals surface area contributed by atoms with E-state index >= 15 is 0 Å². The number of amides is 1. The van der Waals surface area contributed by atoms with Gasteiger partial charge in [0.25, 0.3) is 0 Å². The fraction of sp³-hybridized carbons (Fsp3) is 0.500. The average molecular weight is 393 g/mol. The monoisotopic (exact) mass is 392 g/mol. The fourth-order valence-corrected chi connectivity index (χ4v) is 3.68. The summed E-state index contributed by atoms with van der Waals surface area (Å²) in [7, 11) is 5.18. The van der Waals surface area contributed by atoms with Crippen molar-refractivity contribution in [2.45, 2.75) is 32.5 Å². The van der Waals surface area contributed by atoms with Crippen molar-refractivity contribution in [3.05, 3.63) is 33.9 Å². The Labute approximate surface area is 163 Å². The number of nitrogens with zero attached hydrogens (tertiary/aromatic N) is 3. The van der Waals surface area contributed by atoms with Crippen LogP contribution in [0.5, 0.6) is 11.5 Å². The highest BCUT2D eigenvalue weighted by molar-refractivity contribution is 7.71. The first kappa shape index (κ1) is 19.4. The van der Waals surface area contributed by atoms with Gasteiger partial charge in [-0.1, -0.05) is 0 Å². The maximum Gasteiger partial charge on any atom is 0.217 e. The minimum atomic E-state index is -0.335. The maximum atomic E-state index is 11.0. The molecule has 1 aromatic carbocycles. The Morgan fingerprint density at radius 3 is 2.59 bits per heavy atom. The van der Waals surface area contributed by atoms with Crippen molar-refractivity contribution in [2.24, 2.45) is 12.8 Å². The molecule has 1 aliphatic rings. The molecule has 0 saturated carbocycles. The van der Waals surface area contributed by atoms with Crippen LogP contribution in [0.1, 0.15) is 23.4 Å². The summed E-state index contributed by atoms with van der Waals surface area (Å²) in [6.45, 7) is 2.53. The van der Waals surface area contributed by atoms with Gasteiger partial charge in [-0.3, -0.25) is 4.79 Å². The summed E-state index contributed by atoms with van der Waals surface area (Å²) < 4.78 is 15.2. The van der Waals surface area contributed by atoms with Gasteiger partial charge in [0.15, 0.2) is 18.2 Å². The molecule has 1 amide bonds. The summed E-state index contributed by atoms with van der Waals surface area (Å²) in [4.78, 5) is 12.4. The Bertz CT molecular complexity index is 905. The SMILES string of the molecule is COc1cc2c(cc1OC)C[NH+](Cn1nc(CCC(N)=O)n(C)c1=S)CC2. The zero-order chi connectivity index (χ0) is 19.6. The second kappa shape index (κ2) is 8.10. The number of benzene rings is 1. The zero-order valence-electron chi connectivity index (χ0n) is 15.9. The Balaban J connectivity index is 1.76. The van der Waals surface area contributed by atoms with Crippen LogP contribution < -0.4 is 20.1 Å². The van der Waals surface area contributed by atoms with E-state index in [-0.39, 0.29) is 12.3 Å². The first-order chi connectivity index (χ1) is 12.9. The molecule has 27 heavy (non-hydrogen) atoms. The van der Waals surface area contributed by atoms with Crippen molar-refractivity contribution in [3.63, 3.8) is 0 Å². The molecular formula is C18H26N5O3S+. The van der Waals surface area contributed by atoms with Crippen molar-refractivity contribution in [2.75, 3.05) is 20.8 Å². The van der Waals surface area contributed by atoms with E-state index in [0.29, 0.717) is 17.9 Å². The number of rotatable bonds is 7. The lowest BCUT2D eigenvalue weighted by Crippen LogP contribution is -3.11. The molecule has 0 fully saturated rings. The molecule has 0 radical (unpaired) electrons. The summed E-state index contributed by atoms with van der Waals surface area (Å²) in [5.41, 5.74) is 7.79. The van der Waals surface area contributed by atoms with Crippen LogP contribution in [0.2, 0.25) is 0 Å². The van der Waals surface area contributed by atoms with E-state index in [2.05, 4.69) is 17.2 Å². The van der Waals surface area contributed by atoms with E-state index in [1.165, 1.54) is 16.0 Å². The second-order valence-electron chi connectivity index (χ2n) is 6.78. The third kappa shape index (κ3) is 4.14. The molecule has 2 aromatic rings. The highest BCUT2D eigenvalue weighted by Crippen LogP contribution is 2.31. The standard InChI is InChI=1S/C18H25N5O3S/c1-21-17(5-4-16(19)24)20-23(18(21)27)11-22-7-6-12-8-14(25-2)15(26-3)9-13(12)10-22/h8-9H,4-7,10-11H2,1-3H3,(H2,19,24)/p+1. The van der Waals surface area contributed by atoms with Crippen LogP contribution in [0.25, 0.3) is 0 Å². The zero-order valence-corrected chi connectivity index (χ0v) is 16.8. The molecule has 0 bridgehead atoms. The number of ether oxygens (including phenoxy) is 2. The molecule has 2 heterocycles. The van der Waals surface area contributed by atoms with Crippen LogP contribution in [0.15, 0.2) is 12.1 Å². The van der Waals surface area contributed by atoms with Gasteiger partial charge in [0.05, 0.1) is 20.8 Å². The van der Waals surface area contributed by atoms with Crippen molar-refractivity contribution < 1.29 is 19.2 Å². The number of carbonyl (C=O) groups is 1. The third-order valence-electron chi connectivity index (χ3n) is 4.99. The number of carbonyl (C=O) groups excluding carboxylic acids is 1. The minimum absolute atomic E-state index is 0.269. The molecule has 3 N–H and O–H groups in total. The normalized spacial score (nSPS) is 16.0. The van der Waals surface area contributed by atoms with Crippen molar-refractivity contribution in [1.82, 2.24) is 14.3 Å². The van der Waals surface area contributed by atoms with Gasteiger partial charge in [-0.15, -0.1) is 0 Å². The minimum Gasteiger partial charge on any atom is -0.493 e. The van der Waals surface area contributed by atoms with Gasteiger partial charge in [0.1, 0.15) is 12.4 Å². The van der Waals surface area contributed by atoms with E-state index < -0.39 is 0 Å². The van der Waals surface area contributed by atoms with Crippen molar-refractivity contribution in [3.8, 4) is 11.5 Å². The molecular weight excluding hydrogens is 366 g/mol. The Morgan fingerprint density at radius 2 is 1.96 bits per heavy atom. The molecule has 1 unspecified atom stereocenters. The summed E-state index contributed by atoms with van der Waals surface area (Å²) in [5, 5.41) is 4.59. The van der Waals surface area contributed by atoms with E-state index in [4.69, 9.17) is 27.4 Å². The van der Waals surface area contributed by atoms with Crippen LogP contribution in [-0.4, -0.2) is 41.0 Å². The maximum absolute atomic E-state index is 11.0. The number of aromatic nitrogens is 3. The number of quaternary nitrogens is 1. The molecule has 1 aromatic heterocycles. The highest BCUT2D eigenvalue weighted by Gasteiger charge is 2.23. The number of primary amides is 1. The third-order valence-corrected chi connectivity index (χ3v) is 5.48. The topological polar surface area (TPSA) is 88.7 Å². The fourth-order valence-electron chi connectivity index (χ4n) is 3.46. The largest absolute Gasteiger partial charge is 0.493 e. The van der Waals surface area contributed by atoms with Gasteiger partial charge in [0.2, 0.25) is 10.7 Å². The van der Waals surface area contributed by atoms with Crippen LogP contribution >= 0.6 is 12.2 Å². The predicted molar refractivity (Wildman–Crippen MR) is 102 cm³/mol. The molecule has 1 atom stereocenters.